The Labute approximate surface area is 125 Å². The molecule has 1 fully saturated rings. The van der Waals surface area contributed by atoms with Crippen LogP contribution in [-0.2, 0) is 9.47 Å². The van der Waals surface area contributed by atoms with Crippen molar-refractivity contribution in [1.29, 1.82) is 5.26 Å². The first-order valence-corrected chi connectivity index (χ1v) is 7.67. The number of nitriles is 1. The highest BCUT2D eigenvalue weighted by atomic mass is 19.1. The Morgan fingerprint density at radius 1 is 1.24 bits per heavy atom. The minimum absolute atomic E-state index is 0.306. The Morgan fingerprint density at radius 3 is 2.62 bits per heavy atom. The summed E-state index contributed by atoms with van der Waals surface area (Å²) in [7, 11) is 0. The molecule has 1 heterocycles. The Morgan fingerprint density at radius 2 is 2.00 bits per heavy atom. The molecule has 0 saturated carbocycles. The first-order valence-electron chi connectivity index (χ1n) is 7.67. The van der Waals surface area contributed by atoms with E-state index in [1.807, 2.05) is 6.07 Å². The summed E-state index contributed by atoms with van der Waals surface area (Å²) >= 11 is 0. The van der Waals surface area contributed by atoms with Crippen LogP contribution < -0.4 is 0 Å². The number of hydrogen-bond acceptors (Lipinski definition) is 3. The van der Waals surface area contributed by atoms with Crippen LogP contribution in [0.15, 0.2) is 18.2 Å². The maximum atomic E-state index is 13.9. The zero-order valence-corrected chi connectivity index (χ0v) is 12.5. The predicted octanol–water partition coefficient (Wildman–Crippen LogP) is 4.33. The van der Waals surface area contributed by atoms with Gasteiger partial charge >= 0.3 is 0 Å². The number of ether oxygens (including phenoxy) is 2. The van der Waals surface area contributed by atoms with E-state index in [4.69, 9.17) is 14.7 Å². The fraction of sp³-hybridized carbons (Fsp3) is 0.588. The number of halogens is 1. The van der Waals surface area contributed by atoms with Gasteiger partial charge in [0, 0.05) is 11.5 Å². The van der Waals surface area contributed by atoms with Crippen molar-refractivity contribution in [2.45, 2.75) is 45.3 Å². The Kier molecular flexibility index (Phi) is 6.16. The molecule has 0 amide bonds. The molecule has 1 aliphatic rings. The van der Waals surface area contributed by atoms with Crippen molar-refractivity contribution < 1.29 is 13.9 Å². The molecule has 1 saturated heterocycles. The lowest BCUT2D eigenvalue weighted by atomic mass is 10.0. The van der Waals surface area contributed by atoms with E-state index in [1.54, 1.807) is 12.1 Å². The second-order valence-corrected chi connectivity index (χ2v) is 5.56. The normalized spacial score (nSPS) is 22.0. The van der Waals surface area contributed by atoms with E-state index in [9.17, 15) is 4.39 Å². The standard InChI is InChI=1S/C17H22FNO2/c1-2-3-4-5-6-14-11-20-17(21-12-14)15-8-7-13(10-19)9-16(15)18/h7-9,14,17H,2-6,11-12H2,1H3. The van der Waals surface area contributed by atoms with Crippen LogP contribution in [0.25, 0.3) is 0 Å². The van der Waals surface area contributed by atoms with Gasteiger partial charge in [0.15, 0.2) is 6.29 Å². The molecule has 2 rings (SSSR count). The van der Waals surface area contributed by atoms with Crippen molar-refractivity contribution in [3.63, 3.8) is 0 Å². The van der Waals surface area contributed by atoms with Gasteiger partial charge in [-0.1, -0.05) is 32.6 Å². The molecule has 0 aromatic heterocycles. The van der Waals surface area contributed by atoms with Crippen LogP contribution >= 0.6 is 0 Å². The second-order valence-electron chi connectivity index (χ2n) is 5.56. The average Bonchev–Trinajstić information content (AvgIpc) is 2.52. The predicted molar refractivity (Wildman–Crippen MR) is 78.0 cm³/mol. The van der Waals surface area contributed by atoms with Crippen molar-refractivity contribution >= 4 is 0 Å². The maximum Gasteiger partial charge on any atom is 0.186 e. The molecule has 21 heavy (non-hydrogen) atoms. The molecule has 114 valence electrons. The molecule has 0 unspecified atom stereocenters. The van der Waals surface area contributed by atoms with Crippen LogP contribution in [0.5, 0.6) is 0 Å². The number of hydrogen-bond donors (Lipinski definition) is 0. The van der Waals surface area contributed by atoms with E-state index in [1.165, 1.54) is 31.7 Å². The third-order valence-corrected chi connectivity index (χ3v) is 3.82. The van der Waals surface area contributed by atoms with Crippen LogP contribution in [-0.4, -0.2) is 13.2 Å². The summed E-state index contributed by atoms with van der Waals surface area (Å²) in [6, 6.07) is 6.29. The minimum Gasteiger partial charge on any atom is -0.348 e. The van der Waals surface area contributed by atoms with Gasteiger partial charge in [-0.05, 0) is 24.6 Å². The first-order chi connectivity index (χ1) is 10.2. The summed E-state index contributed by atoms with van der Waals surface area (Å²) in [5.41, 5.74) is 0.680. The molecule has 0 bridgehead atoms. The SMILES string of the molecule is CCCCCCC1COC(c2ccc(C#N)cc2F)OC1. The molecule has 3 nitrogen and oxygen atoms in total. The molecule has 0 atom stereocenters. The van der Waals surface area contributed by atoms with Crippen LogP contribution in [0.3, 0.4) is 0 Å². The lowest BCUT2D eigenvalue weighted by Gasteiger charge is -2.29. The average molecular weight is 291 g/mol. The fourth-order valence-electron chi connectivity index (χ4n) is 2.54. The zero-order chi connectivity index (χ0) is 15.1. The first kappa shape index (κ1) is 15.9. The van der Waals surface area contributed by atoms with Gasteiger partial charge in [0.05, 0.1) is 24.8 Å². The van der Waals surface area contributed by atoms with Crippen LogP contribution in [0.1, 0.15) is 56.4 Å². The molecule has 0 spiro atoms. The van der Waals surface area contributed by atoms with Gasteiger partial charge in [0.25, 0.3) is 0 Å². The summed E-state index contributed by atoms with van der Waals surface area (Å²) in [5.74, 6) is -0.0417. The monoisotopic (exact) mass is 291 g/mol. The Hall–Kier alpha value is -1.44. The highest BCUT2D eigenvalue weighted by Gasteiger charge is 2.25. The molecule has 0 aliphatic carbocycles. The largest absolute Gasteiger partial charge is 0.348 e. The van der Waals surface area contributed by atoms with E-state index < -0.39 is 12.1 Å². The summed E-state index contributed by atoms with van der Waals surface area (Å²) < 4.78 is 25.2. The topological polar surface area (TPSA) is 42.2 Å². The van der Waals surface area contributed by atoms with Crippen molar-refractivity contribution in [2.75, 3.05) is 13.2 Å². The van der Waals surface area contributed by atoms with E-state index in [0.717, 1.165) is 6.42 Å². The molecular formula is C17H22FNO2. The van der Waals surface area contributed by atoms with Gasteiger partial charge in [0.1, 0.15) is 5.82 Å². The van der Waals surface area contributed by atoms with E-state index in [2.05, 4.69) is 6.92 Å². The second kappa shape index (κ2) is 8.11. The van der Waals surface area contributed by atoms with Crippen LogP contribution in [0.4, 0.5) is 4.39 Å². The van der Waals surface area contributed by atoms with Crippen LogP contribution in [0.2, 0.25) is 0 Å². The van der Waals surface area contributed by atoms with Crippen molar-refractivity contribution in [3.8, 4) is 6.07 Å². The van der Waals surface area contributed by atoms with Gasteiger partial charge in [-0.25, -0.2) is 4.39 Å². The lowest BCUT2D eigenvalue weighted by molar-refractivity contribution is -0.207. The summed E-state index contributed by atoms with van der Waals surface area (Å²) in [6.07, 6.45) is 5.40. The van der Waals surface area contributed by atoms with Crippen LogP contribution in [0, 0.1) is 23.1 Å². The molecule has 1 aromatic carbocycles. The molecule has 1 aromatic rings. The molecule has 0 radical (unpaired) electrons. The fourth-order valence-corrected chi connectivity index (χ4v) is 2.54. The molecule has 4 heteroatoms. The minimum atomic E-state index is -0.648. The smallest absolute Gasteiger partial charge is 0.186 e. The highest BCUT2D eigenvalue weighted by molar-refractivity contribution is 5.33. The van der Waals surface area contributed by atoms with Gasteiger partial charge in [-0.3, -0.25) is 0 Å². The quantitative estimate of drug-likeness (QED) is 0.733. The number of unbranched alkanes of at least 4 members (excludes halogenated alkanes) is 3. The molecule has 0 N–H and O–H groups in total. The molecular weight excluding hydrogens is 269 g/mol. The Bertz CT molecular complexity index is 490. The maximum absolute atomic E-state index is 13.9. The summed E-state index contributed by atoms with van der Waals surface area (Å²) in [4.78, 5) is 0. The van der Waals surface area contributed by atoms with E-state index in [-0.39, 0.29) is 0 Å². The number of nitrogens with zero attached hydrogens (tertiary/aromatic N) is 1. The number of benzene rings is 1. The highest BCUT2D eigenvalue weighted by Crippen LogP contribution is 2.29. The van der Waals surface area contributed by atoms with E-state index >= 15 is 0 Å². The molecule has 1 aliphatic heterocycles. The summed E-state index contributed by atoms with van der Waals surface area (Å²) in [5, 5.41) is 8.74. The van der Waals surface area contributed by atoms with Crippen molar-refractivity contribution in [3.05, 3.63) is 35.1 Å². The van der Waals surface area contributed by atoms with Gasteiger partial charge in [-0.2, -0.15) is 5.26 Å². The van der Waals surface area contributed by atoms with Gasteiger partial charge in [-0.15, -0.1) is 0 Å². The third-order valence-electron chi connectivity index (χ3n) is 3.82. The van der Waals surface area contributed by atoms with Gasteiger partial charge < -0.3 is 9.47 Å². The number of rotatable bonds is 6. The van der Waals surface area contributed by atoms with Crippen molar-refractivity contribution in [2.24, 2.45) is 5.92 Å². The lowest BCUT2D eigenvalue weighted by Crippen LogP contribution is -2.27. The van der Waals surface area contributed by atoms with E-state index in [0.29, 0.717) is 30.3 Å². The Balaban J connectivity index is 1.82. The van der Waals surface area contributed by atoms with Gasteiger partial charge in [0.2, 0.25) is 0 Å². The third kappa shape index (κ3) is 4.52. The summed E-state index contributed by atoms with van der Waals surface area (Å²) in [6.45, 7) is 3.41. The van der Waals surface area contributed by atoms with Crippen molar-refractivity contribution in [1.82, 2.24) is 0 Å². The zero-order valence-electron chi connectivity index (χ0n) is 12.5.